The Morgan fingerprint density at radius 3 is 2.85 bits per heavy atom. The average Bonchev–Trinajstić information content (AvgIpc) is 2.48. The van der Waals surface area contributed by atoms with E-state index < -0.39 is 0 Å². The molecule has 3 nitrogen and oxygen atoms in total. The third-order valence-electron chi connectivity index (χ3n) is 2.00. The minimum Gasteiger partial charge on any atom is -0.343 e. The summed E-state index contributed by atoms with van der Waals surface area (Å²) in [5.41, 5.74) is 1.32. The van der Waals surface area contributed by atoms with Crippen molar-refractivity contribution in [2.24, 2.45) is 0 Å². The Labute approximate surface area is 75.0 Å². The first kappa shape index (κ1) is 8.16. The van der Waals surface area contributed by atoms with E-state index in [0.717, 1.165) is 5.69 Å². The summed E-state index contributed by atoms with van der Waals surface area (Å²) >= 11 is 0. The van der Waals surface area contributed by atoms with Gasteiger partial charge in [0.1, 0.15) is 12.0 Å². The quantitative estimate of drug-likeness (QED) is 0.729. The minimum absolute atomic E-state index is 0.204. The molecule has 0 aliphatic carbocycles. The molecule has 13 heavy (non-hydrogen) atoms. The van der Waals surface area contributed by atoms with Gasteiger partial charge in [0.25, 0.3) is 0 Å². The van der Waals surface area contributed by atoms with E-state index in [9.17, 15) is 4.39 Å². The van der Waals surface area contributed by atoms with Crippen LogP contribution in [-0.2, 0) is 0 Å². The Hall–Kier alpha value is -1.45. The molecule has 0 fully saturated rings. The third kappa shape index (κ3) is 1.18. The molecule has 0 aliphatic heterocycles. The Bertz CT molecular complexity index is 433. The molecular formula is C9H10FN3. The molecular weight excluding hydrogens is 169 g/mol. The highest BCUT2D eigenvalue weighted by molar-refractivity contribution is 5.78. The largest absolute Gasteiger partial charge is 0.343 e. The van der Waals surface area contributed by atoms with Crippen molar-refractivity contribution in [2.45, 2.75) is 19.8 Å². The molecule has 2 aromatic rings. The molecule has 0 saturated carbocycles. The summed E-state index contributed by atoms with van der Waals surface area (Å²) in [6.45, 7) is 3.96. The molecule has 0 bridgehead atoms. The summed E-state index contributed by atoms with van der Waals surface area (Å²) in [4.78, 5) is 10.8. The molecule has 0 saturated heterocycles. The maximum atomic E-state index is 13.3. The summed E-state index contributed by atoms with van der Waals surface area (Å²) < 4.78 is 13.3. The summed E-state index contributed by atoms with van der Waals surface area (Å²) in [6, 6.07) is 0. The van der Waals surface area contributed by atoms with Crippen LogP contribution in [0.5, 0.6) is 0 Å². The van der Waals surface area contributed by atoms with Gasteiger partial charge in [0.15, 0.2) is 5.82 Å². The predicted octanol–water partition coefficient (Wildman–Crippen LogP) is 2.22. The monoisotopic (exact) mass is 179 g/mol. The smallest absolute Gasteiger partial charge is 0.151 e. The summed E-state index contributed by atoms with van der Waals surface area (Å²) in [7, 11) is 0. The van der Waals surface area contributed by atoms with Crippen LogP contribution < -0.4 is 0 Å². The lowest BCUT2D eigenvalue weighted by Crippen LogP contribution is -1.95. The Morgan fingerprint density at radius 1 is 1.38 bits per heavy atom. The first-order valence-corrected chi connectivity index (χ1v) is 4.17. The van der Waals surface area contributed by atoms with Gasteiger partial charge in [0.2, 0.25) is 0 Å². The van der Waals surface area contributed by atoms with E-state index in [1.807, 2.05) is 13.8 Å². The molecule has 0 aliphatic rings. The Kier molecular flexibility index (Phi) is 1.76. The predicted molar refractivity (Wildman–Crippen MR) is 47.9 cm³/mol. The van der Waals surface area contributed by atoms with Gasteiger partial charge < -0.3 is 4.98 Å². The van der Waals surface area contributed by atoms with Gasteiger partial charge in [-0.1, -0.05) is 13.8 Å². The first-order valence-electron chi connectivity index (χ1n) is 4.17. The molecule has 0 unspecified atom stereocenters. The second-order valence-electron chi connectivity index (χ2n) is 3.27. The van der Waals surface area contributed by atoms with Crippen LogP contribution in [-0.4, -0.2) is 15.0 Å². The van der Waals surface area contributed by atoms with Gasteiger partial charge in [-0.3, -0.25) is 0 Å². The SMILES string of the molecule is CC(C)c1ncnc2[nH]cc(F)c12. The zero-order valence-corrected chi connectivity index (χ0v) is 7.50. The molecule has 0 spiro atoms. The number of aromatic nitrogens is 3. The zero-order valence-electron chi connectivity index (χ0n) is 7.50. The van der Waals surface area contributed by atoms with Crippen LogP contribution in [0.3, 0.4) is 0 Å². The lowest BCUT2D eigenvalue weighted by molar-refractivity contribution is 0.636. The van der Waals surface area contributed by atoms with E-state index >= 15 is 0 Å². The average molecular weight is 179 g/mol. The van der Waals surface area contributed by atoms with E-state index in [0.29, 0.717) is 11.0 Å². The molecule has 0 aromatic carbocycles. The maximum absolute atomic E-state index is 13.3. The number of nitrogens with zero attached hydrogens (tertiary/aromatic N) is 2. The van der Waals surface area contributed by atoms with Gasteiger partial charge in [-0.05, 0) is 5.92 Å². The molecule has 68 valence electrons. The molecule has 2 heterocycles. The van der Waals surface area contributed by atoms with Crippen LogP contribution in [0, 0.1) is 5.82 Å². The lowest BCUT2D eigenvalue weighted by Gasteiger charge is -2.04. The van der Waals surface area contributed by atoms with Crippen LogP contribution in [0.4, 0.5) is 4.39 Å². The fourth-order valence-corrected chi connectivity index (χ4v) is 1.39. The Balaban J connectivity index is 2.80. The highest BCUT2D eigenvalue weighted by Gasteiger charge is 2.12. The van der Waals surface area contributed by atoms with Gasteiger partial charge in [0.05, 0.1) is 11.1 Å². The summed E-state index contributed by atoms with van der Waals surface area (Å²) in [5.74, 6) is -0.0740. The first-order chi connectivity index (χ1) is 6.20. The number of rotatable bonds is 1. The third-order valence-corrected chi connectivity index (χ3v) is 2.00. The number of aromatic amines is 1. The van der Waals surface area contributed by atoms with Crippen LogP contribution in [0.2, 0.25) is 0 Å². The van der Waals surface area contributed by atoms with Gasteiger partial charge in [0, 0.05) is 6.20 Å². The number of H-pyrrole nitrogens is 1. The van der Waals surface area contributed by atoms with Crippen molar-refractivity contribution in [1.82, 2.24) is 15.0 Å². The summed E-state index contributed by atoms with van der Waals surface area (Å²) in [6.07, 6.45) is 2.76. The normalized spacial score (nSPS) is 11.4. The molecule has 4 heteroatoms. The van der Waals surface area contributed by atoms with Gasteiger partial charge >= 0.3 is 0 Å². The fourth-order valence-electron chi connectivity index (χ4n) is 1.39. The number of nitrogens with one attached hydrogen (secondary N) is 1. The van der Waals surface area contributed by atoms with E-state index in [4.69, 9.17) is 0 Å². The highest BCUT2D eigenvalue weighted by atomic mass is 19.1. The van der Waals surface area contributed by atoms with Crippen molar-refractivity contribution in [3.63, 3.8) is 0 Å². The maximum Gasteiger partial charge on any atom is 0.151 e. The van der Waals surface area contributed by atoms with Crippen molar-refractivity contribution >= 4 is 11.0 Å². The second kappa shape index (κ2) is 2.80. The highest BCUT2D eigenvalue weighted by Crippen LogP contribution is 2.23. The van der Waals surface area contributed by atoms with E-state index in [1.165, 1.54) is 12.5 Å². The van der Waals surface area contributed by atoms with Crippen LogP contribution >= 0.6 is 0 Å². The van der Waals surface area contributed by atoms with E-state index in [-0.39, 0.29) is 11.7 Å². The van der Waals surface area contributed by atoms with Gasteiger partial charge in [-0.15, -0.1) is 0 Å². The summed E-state index contributed by atoms with van der Waals surface area (Å²) in [5, 5.41) is 0.512. The fraction of sp³-hybridized carbons (Fsp3) is 0.333. The van der Waals surface area contributed by atoms with Gasteiger partial charge in [-0.25, -0.2) is 14.4 Å². The number of fused-ring (bicyclic) bond motifs is 1. The zero-order chi connectivity index (χ0) is 9.42. The van der Waals surface area contributed by atoms with Crippen LogP contribution in [0.25, 0.3) is 11.0 Å². The standard InChI is InChI=1S/C9H10FN3/c1-5(2)8-7-6(10)3-11-9(7)13-4-12-8/h3-5H,1-2H3,(H,11,12,13). The molecule has 0 amide bonds. The molecule has 2 aromatic heterocycles. The van der Waals surface area contributed by atoms with E-state index in [2.05, 4.69) is 15.0 Å². The van der Waals surface area contributed by atoms with Crippen LogP contribution in [0.15, 0.2) is 12.5 Å². The van der Waals surface area contributed by atoms with Crippen molar-refractivity contribution in [2.75, 3.05) is 0 Å². The van der Waals surface area contributed by atoms with Gasteiger partial charge in [-0.2, -0.15) is 0 Å². The second-order valence-corrected chi connectivity index (χ2v) is 3.27. The Morgan fingerprint density at radius 2 is 2.15 bits per heavy atom. The topological polar surface area (TPSA) is 41.6 Å². The van der Waals surface area contributed by atoms with Crippen LogP contribution in [0.1, 0.15) is 25.5 Å². The van der Waals surface area contributed by atoms with E-state index in [1.54, 1.807) is 0 Å². The van der Waals surface area contributed by atoms with Crippen molar-refractivity contribution in [3.8, 4) is 0 Å². The van der Waals surface area contributed by atoms with Crippen molar-refractivity contribution < 1.29 is 4.39 Å². The minimum atomic E-state index is -0.278. The molecule has 0 atom stereocenters. The number of hydrogen-bond acceptors (Lipinski definition) is 2. The lowest BCUT2D eigenvalue weighted by atomic mass is 10.1. The molecule has 2 rings (SSSR count). The van der Waals surface area contributed by atoms with Crippen molar-refractivity contribution in [1.29, 1.82) is 0 Å². The number of hydrogen-bond donors (Lipinski definition) is 1. The van der Waals surface area contributed by atoms with Crippen molar-refractivity contribution in [3.05, 3.63) is 24.0 Å². The molecule has 1 N–H and O–H groups in total. The molecule has 0 radical (unpaired) electrons. The number of halogens is 1.